The Hall–Kier alpha value is -0.490. The van der Waals surface area contributed by atoms with Gasteiger partial charge < -0.3 is 0 Å². The quantitative estimate of drug-likeness (QED) is 0.133. The van der Waals surface area contributed by atoms with Crippen molar-refractivity contribution < 1.29 is 35.7 Å². The third-order valence-electron chi connectivity index (χ3n) is 5.74. The molecular formula is C18H28IN4O3-. The molecule has 2 heterocycles. The fourth-order valence-corrected chi connectivity index (χ4v) is 8.72. The summed E-state index contributed by atoms with van der Waals surface area (Å²) in [6.45, 7) is 2.05. The van der Waals surface area contributed by atoms with Crippen molar-refractivity contribution in [3.05, 3.63) is 29.3 Å². The van der Waals surface area contributed by atoms with Gasteiger partial charge in [0.05, 0.1) is 0 Å². The fourth-order valence-electron chi connectivity index (χ4n) is 4.28. The Kier molecular flexibility index (Phi) is 5.99. The number of rotatable bonds is 7. The van der Waals surface area contributed by atoms with Gasteiger partial charge >= 0.3 is 165 Å². The second-order valence-electron chi connectivity index (χ2n) is 7.44. The number of hydrogen-bond acceptors (Lipinski definition) is 7. The van der Waals surface area contributed by atoms with Crippen molar-refractivity contribution in [3.8, 4) is 5.75 Å². The number of alkyl halides is 2. The van der Waals surface area contributed by atoms with Crippen LogP contribution in [0.3, 0.4) is 0 Å². The van der Waals surface area contributed by atoms with Crippen LogP contribution in [0.2, 0.25) is 0 Å². The molecule has 146 valence electrons. The summed E-state index contributed by atoms with van der Waals surface area (Å²) in [5.41, 5.74) is 8.71. The first-order chi connectivity index (χ1) is 12.7. The monoisotopic (exact) mass is 475 g/mol. The van der Waals surface area contributed by atoms with E-state index < -0.39 is 6.23 Å². The molecule has 0 aromatic heterocycles. The van der Waals surface area contributed by atoms with Crippen LogP contribution in [0.5, 0.6) is 5.75 Å². The van der Waals surface area contributed by atoms with E-state index in [1.165, 1.54) is 15.6 Å². The number of nitrogens with two attached hydrogens (primary N) is 3. The molecule has 7 nitrogen and oxygen atoms in total. The maximum absolute atomic E-state index is 6.04. The van der Waals surface area contributed by atoms with Gasteiger partial charge in [0.15, 0.2) is 0 Å². The number of benzene rings is 1. The van der Waals surface area contributed by atoms with Gasteiger partial charge in [-0.2, -0.15) is 0 Å². The van der Waals surface area contributed by atoms with Gasteiger partial charge in [-0.3, -0.25) is 0 Å². The summed E-state index contributed by atoms with van der Waals surface area (Å²) >= 11 is 0.00839. The molecule has 3 aliphatic rings. The summed E-state index contributed by atoms with van der Waals surface area (Å²) in [5.74, 6) is 13.0. The Morgan fingerprint density at radius 3 is 2.85 bits per heavy atom. The number of hydrogen-bond donors (Lipinski definition) is 3. The summed E-state index contributed by atoms with van der Waals surface area (Å²) in [5, 5.41) is 2.00. The van der Waals surface area contributed by atoms with Gasteiger partial charge in [-0.25, -0.2) is 0 Å². The molecule has 6 N–H and O–H groups in total. The molecule has 26 heavy (non-hydrogen) atoms. The zero-order valence-electron chi connectivity index (χ0n) is 14.9. The van der Waals surface area contributed by atoms with Crippen LogP contribution in [-0.4, -0.2) is 34.4 Å². The standard InChI is InChI=1S/C18H28IN4O3/c20-17(25-22)5-4-13-16(24-21)9-12-8-14-11(10-19-18(12)13)2-1-3-15(14)26-23-6-7-23/h1-3,12-13,16-18H,4-10,20-22H2/q-1/t12?,13-,16+,17-,18?/m0/s1. The minimum atomic E-state index is -0.416. The van der Waals surface area contributed by atoms with Crippen molar-refractivity contribution in [2.45, 2.75) is 46.4 Å². The van der Waals surface area contributed by atoms with Crippen molar-refractivity contribution in [1.29, 1.82) is 0 Å². The van der Waals surface area contributed by atoms with E-state index >= 15 is 0 Å². The van der Waals surface area contributed by atoms with E-state index in [-0.39, 0.29) is 27.3 Å². The van der Waals surface area contributed by atoms with E-state index in [1.54, 1.807) is 0 Å². The van der Waals surface area contributed by atoms with E-state index in [1.807, 2.05) is 5.06 Å². The topological polar surface area (TPSA) is 109 Å². The molecule has 0 bridgehead atoms. The van der Waals surface area contributed by atoms with Crippen molar-refractivity contribution in [2.75, 3.05) is 13.1 Å². The van der Waals surface area contributed by atoms with Crippen LogP contribution in [0.4, 0.5) is 0 Å². The average molecular weight is 475 g/mol. The molecule has 4 rings (SSSR count). The van der Waals surface area contributed by atoms with Crippen LogP contribution < -0.4 is 43.6 Å². The molecule has 2 aliphatic heterocycles. The predicted molar refractivity (Wildman–Crippen MR) is 93.0 cm³/mol. The Morgan fingerprint density at radius 1 is 1.27 bits per heavy atom. The molecule has 5 atom stereocenters. The first-order valence-corrected chi connectivity index (χ1v) is 12.0. The Balaban J connectivity index is 1.52. The fraction of sp³-hybridized carbons (Fsp3) is 0.667. The zero-order valence-corrected chi connectivity index (χ0v) is 17.0. The molecule has 1 aromatic rings. The van der Waals surface area contributed by atoms with E-state index in [4.69, 9.17) is 32.0 Å². The van der Waals surface area contributed by atoms with Gasteiger partial charge in [0.25, 0.3) is 0 Å². The molecule has 1 saturated heterocycles. The van der Waals surface area contributed by atoms with E-state index in [9.17, 15) is 0 Å². The Bertz CT molecular complexity index is 630. The summed E-state index contributed by atoms with van der Waals surface area (Å²) in [7, 11) is 0. The molecule has 8 heteroatoms. The van der Waals surface area contributed by atoms with E-state index in [0.29, 0.717) is 15.8 Å². The first kappa shape index (κ1) is 18.9. The molecule has 0 amide bonds. The van der Waals surface area contributed by atoms with Gasteiger partial charge in [-0.15, -0.1) is 0 Å². The third-order valence-corrected chi connectivity index (χ3v) is 9.96. The van der Waals surface area contributed by atoms with Gasteiger partial charge in [-0.1, -0.05) is 0 Å². The van der Waals surface area contributed by atoms with Gasteiger partial charge in [0.2, 0.25) is 0 Å². The van der Waals surface area contributed by atoms with Crippen LogP contribution >= 0.6 is 0 Å². The van der Waals surface area contributed by atoms with Crippen LogP contribution in [0.25, 0.3) is 0 Å². The SMILES string of the molecule is NO[C@H](N)CC[C@@H]1C2[I-]Cc3cccc(ON4CC4)c3CC2C[C@H]1ON. The number of fused-ring (bicyclic) bond motifs is 2. The summed E-state index contributed by atoms with van der Waals surface area (Å²) in [4.78, 5) is 16.2. The Morgan fingerprint density at radius 2 is 2.12 bits per heavy atom. The van der Waals surface area contributed by atoms with E-state index in [2.05, 4.69) is 18.2 Å². The van der Waals surface area contributed by atoms with E-state index in [0.717, 1.165) is 44.5 Å². The van der Waals surface area contributed by atoms with Crippen molar-refractivity contribution in [3.63, 3.8) is 0 Å². The summed E-state index contributed by atoms with van der Waals surface area (Å²) in [6, 6.07) is 6.51. The normalized spacial score (nSPS) is 32.1. The molecule has 1 aliphatic carbocycles. The minimum absolute atomic E-state index is 0.00839. The third kappa shape index (κ3) is 4.01. The summed E-state index contributed by atoms with van der Waals surface area (Å²) < 4.78 is 1.87. The molecule has 0 radical (unpaired) electrons. The number of halogens is 1. The second-order valence-corrected chi connectivity index (χ2v) is 10.5. The van der Waals surface area contributed by atoms with Crippen LogP contribution in [0.1, 0.15) is 30.4 Å². The number of nitrogens with zero attached hydrogens (tertiary/aromatic N) is 1. The summed E-state index contributed by atoms with van der Waals surface area (Å²) in [6.07, 6.45) is 3.46. The zero-order chi connectivity index (χ0) is 18.1. The van der Waals surface area contributed by atoms with Crippen molar-refractivity contribution in [2.24, 2.45) is 29.4 Å². The second kappa shape index (κ2) is 8.26. The first-order valence-electron chi connectivity index (χ1n) is 9.27. The molecular weight excluding hydrogens is 447 g/mol. The van der Waals surface area contributed by atoms with Crippen molar-refractivity contribution in [1.82, 2.24) is 5.06 Å². The molecule has 1 aromatic carbocycles. The van der Waals surface area contributed by atoms with Gasteiger partial charge in [0, 0.05) is 0 Å². The molecule has 1 saturated carbocycles. The van der Waals surface area contributed by atoms with Gasteiger partial charge in [0.1, 0.15) is 0 Å². The molecule has 0 spiro atoms. The Labute approximate surface area is 164 Å². The average Bonchev–Trinajstić information content (AvgIpc) is 3.43. The van der Waals surface area contributed by atoms with Crippen LogP contribution in [0.15, 0.2) is 18.2 Å². The van der Waals surface area contributed by atoms with Gasteiger partial charge in [-0.05, 0) is 0 Å². The number of hydroxylamine groups is 2. The predicted octanol–water partition coefficient (Wildman–Crippen LogP) is -2.34. The maximum atomic E-state index is 6.04. The molecule has 2 unspecified atom stereocenters. The van der Waals surface area contributed by atoms with Crippen LogP contribution in [-0.2, 0) is 20.5 Å². The van der Waals surface area contributed by atoms with Crippen LogP contribution in [0, 0.1) is 11.8 Å². The molecule has 2 fully saturated rings. The van der Waals surface area contributed by atoms with Crippen molar-refractivity contribution >= 4 is 0 Å².